The first kappa shape index (κ1) is 15.0. The van der Waals surface area contributed by atoms with Crippen molar-refractivity contribution in [3.63, 3.8) is 0 Å². The molecule has 24 heavy (non-hydrogen) atoms. The topological polar surface area (TPSA) is 6.48 Å². The van der Waals surface area contributed by atoms with Crippen molar-refractivity contribution >= 4 is 5.69 Å². The molecule has 0 aromatic heterocycles. The van der Waals surface area contributed by atoms with Gasteiger partial charge in [-0.25, -0.2) is 0 Å². The van der Waals surface area contributed by atoms with E-state index in [2.05, 4.69) is 101 Å². The molecule has 1 heterocycles. The highest BCUT2D eigenvalue weighted by Gasteiger charge is 2.31. The molecule has 0 aliphatic carbocycles. The zero-order valence-corrected chi connectivity index (χ0v) is 13.8. The van der Waals surface area contributed by atoms with Crippen LogP contribution < -0.4 is 4.90 Å². The van der Waals surface area contributed by atoms with Crippen molar-refractivity contribution in [1.82, 2.24) is 4.90 Å². The average molecular weight is 314 g/mol. The van der Waals surface area contributed by atoms with Gasteiger partial charge in [0.25, 0.3) is 0 Å². The summed E-state index contributed by atoms with van der Waals surface area (Å²) < 4.78 is 0. The molecule has 1 aliphatic rings. The van der Waals surface area contributed by atoms with E-state index in [1.54, 1.807) is 0 Å². The second kappa shape index (κ2) is 6.90. The first-order valence-electron chi connectivity index (χ1n) is 8.53. The number of benzene rings is 3. The third kappa shape index (κ3) is 3.19. The minimum absolute atomic E-state index is 0.400. The normalized spacial score (nSPS) is 18.0. The second-order valence-electron chi connectivity index (χ2n) is 6.37. The molecule has 1 atom stereocenters. The molecule has 0 spiro atoms. The lowest BCUT2D eigenvalue weighted by Crippen LogP contribution is -2.26. The van der Waals surface area contributed by atoms with Gasteiger partial charge in [0.15, 0.2) is 0 Å². The van der Waals surface area contributed by atoms with Gasteiger partial charge in [-0.1, -0.05) is 78.9 Å². The quantitative estimate of drug-likeness (QED) is 0.688. The zero-order valence-electron chi connectivity index (χ0n) is 13.8. The Bertz CT molecular complexity index is 708. The van der Waals surface area contributed by atoms with E-state index >= 15 is 0 Å². The number of hydrogen-bond acceptors (Lipinski definition) is 2. The molecule has 0 radical (unpaired) electrons. The monoisotopic (exact) mass is 314 g/mol. The molecular weight excluding hydrogens is 292 g/mol. The minimum atomic E-state index is 0.400. The van der Waals surface area contributed by atoms with Crippen LogP contribution in [0.4, 0.5) is 5.69 Å². The van der Waals surface area contributed by atoms with E-state index in [9.17, 15) is 0 Å². The second-order valence-corrected chi connectivity index (χ2v) is 6.37. The van der Waals surface area contributed by atoms with Gasteiger partial charge in [0.2, 0.25) is 0 Å². The van der Waals surface area contributed by atoms with Crippen LogP contribution in [0.3, 0.4) is 0 Å². The largest absolute Gasteiger partial charge is 0.350 e. The van der Waals surface area contributed by atoms with Gasteiger partial charge in [0, 0.05) is 18.8 Å². The van der Waals surface area contributed by atoms with Gasteiger partial charge in [-0.05, 0) is 23.3 Å². The molecule has 0 amide bonds. The molecule has 2 nitrogen and oxygen atoms in total. The summed E-state index contributed by atoms with van der Waals surface area (Å²) in [5.41, 5.74) is 4.05. The average Bonchev–Trinajstić information content (AvgIpc) is 3.08. The zero-order chi connectivity index (χ0) is 16.2. The lowest BCUT2D eigenvalue weighted by Gasteiger charge is -2.26. The maximum absolute atomic E-state index is 2.53. The van der Waals surface area contributed by atoms with Gasteiger partial charge in [0.1, 0.15) is 0 Å². The predicted molar refractivity (Wildman–Crippen MR) is 99.8 cm³/mol. The Kier molecular flexibility index (Phi) is 4.30. The molecule has 3 aromatic carbocycles. The number of anilines is 1. The molecule has 3 aromatic rings. The van der Waals surface area contributed by atoms with Crippen LogP contribution in [0.5, 0.6) is 0 Å². The van der Waals surface area contributed by atoms with E-state index in [1.807, 2.05) is 0 Å². The predicted octanol–water partition coefficient (Wildman–Crippen LogP) is 4.71. The Morgan fingerprint density at radius 1 is 0.708 bits per heavy atom. The van der Waals surface area contributed by atoms with Gasteiger partial charge >= 0.3 is 0 Å². The van der Waals surface area contributed by atoms with Crippen LogP contribution in [0, 0.1) is 0 Å². The SMILES string of the molecule is c1ccc(CN2CC(c3ccccc3)N(c3ccccc3)C2)cc1. The standard InChI is InChI=1S/C22H22N2/c1-4-10-19(11-5-1)16-23-17-22(20-12-6-2-7-13-20)24(18-23)21-14-8-3-9-15-21/h1-15,22H,16-18H2. The molecule has 1 unspecified atom stereocenters. The Morgan fingerprint density at radius 3 is 1.96 bits per heavy atom. The summed E-state index contributed by atoms with van der Waals surface area (Å²) in [4.78, 5) is 5.04. The van der Waals surface area contributed by atoms with E-state index in [-0.39, 0.29) is 0 Å². The highest BCUT2D eigenvalue weighted by Crippen LogP contribution is 2.33. The van der Waals surface area contributed by atoms with Gasteiger partial charge in [-0.2, -0.15) is 0 Å². The van der Waals surface area contributed by atoms with Crippen molar-refractivity contribution in [1.29, 1.82) is 0 Å². The summed E-state index contributed by atoms with van der Waals surface area (Å²) in [6.07, 6.45) is 0. The fourth-order valence-electron chi connectivity index (χ4n) is 3.51. The third-order valence-corrected chi connectivity index (χ3v) is 4.68. The van der Waals surface area contributed by atoms with Crippen LogP contribution in [0.15, 0.2) is 91.0 Å². The number of nitrogens with zero attached hydrogens (tertiary/aromatic N) is 2. The Balaban J connectivity index is 1.60. The molecule has 0 N–H and O–H groups in total. The Labute approximate surface area is 144 Å². The first-order chi connectivity index (χ1) is 11.9. The van der Waals surface area contributed by atoms with Crippen LogP contribution in [-0.2, 0) is 6.54 Å². The van der Waals surface area contributed by atoms with Crippen LogP contribution in [0.1, 0.15) is 17.2 Å². The summed E-state index contributed by atoms with van der Waals surface area (Å²) in [6.45, 7) is 3.00. The molecule has 4 rings (SSSR count). The van der Waals surface area contributed by atoms with Crippen molar-refractivity contribution < 1.29 is 0 Å². The van der Waals surface area contributed by atoms with E-state index in [0.717, 1.165) is 19.8 Å². The summed E-state index contributed by atoms with van der Waals surface area (Å²) in [5.74, 6) is 0. The molecule has 0 saturated carbocycles. The van der Waals surface area contributed by atoms with Crippen molar-refractivity contribution in [3.8, 4) is 0 Å². The molecule has 1 saturated heterocycles. The van der Waals surface area contributed by atoms with Crippen LogP contribution in [0.2, 0.25) is 0 Å². The van der Waals surface area contributed by atoms with E-state index in [0.29, 0.717) is 6.04 Å². The van der Waals surface area contributed by atoms with Gasteiger partial charge in [-0.3, -0.25) is 4.90 Å². The Hall–Kier alpha value is -2.58. The summed E-state index contributed by atoms with van der Waals surface area (Å²) in [7, 11) is 0. The number of para-hydroxylation sites is 1. The van der Waals surface area contributed by atoms with Crippen molar-refractivity contribution in [2.45, 2.75) is 12.6 Å². The van der Waals surface area contributed by atoms with Gasteiger partial charge in [-0.15, -0.1) is 0 Å². The molecule has 0 bridgehead atoms. The maximum atomic E-state index is 2.53. The van der Waals surface area contributed by atoms with Gasteiger partial charge in [0.05, 0.1) is 12.7 Å². The van der Waals surface area contributed by atoms with Gasteiger partial charge < -0.3 is 4.90 Å². The smallest absolute Gasteiger partial charge is 0.0717 e. The lowest BCUT2D eigenvalue weighted by atomic mass is 10.1. The van der Waals surface area contributed by atoms with Crippen LogP contribution >= 0.6 is 0 Å². The lowest BCUT2D eigenvalue weighted by molar-refractivity contribution is 0.327. The minimum Gasteiger partial charge on any atom is -0.350 e. The fraction of sp³-hybridized carbons (Fsp3) is 0.182. The van der Waals surface area contributed by atoms with E-state index in [4.69, 9.17) is 0 Å². The first-order valence-corrected chi connectivity index (χ1v) is 8.53. The van der Waals surface area contributed by atoms with Crippen molar-refractivity contribution in [2.75, 3.05) is 18.1 Å². The summed E-state index contributed by atoms with van der Waals surface area (Å²) >= 11 is 0. The third-order valence-electron chi connectivity index (χ3n) is 4.68. The molecule has 2 heteroatoms. The molecule has 1 fully saturated rings. The van der Waals surface area contributed by atoms with Crippen LogP contribution in [-0.4, -0.2) is 18.1 Å². The maximum Gasteiger partial charge on any atom is 0.0717 e. The van der Waals surface area contributed by atoms with E-state index < -0.39 is 0 Å². The number of rotatable bonds is 4. The van der Waals surface area contributed by atoms with Crippen LogP contribution in [0.25, 0.3) is 0 Å². The molecule has 1 aliphatic heterocycles. The van der Waals surface area contributed by atoms with Crippen molar-refractivity contribution in [3.05, 3.63) is 102 Å². The number of hydrogen-bond donors (Lipinski definition) is 0. The highest BCUT2D eigenvalue weighted by atomic mass is 15.4. The van der Waals surface area contributed by atoms with E-state index in [1.165, 1.54) is 16.8 Å². The highest BCUT2D eigenvalue weighted by molar-refractivity contribution is 5.50. The molecular formula is C22H22N2. The van der Waals surface area contributed by atoms with Crippen molar-refractivity contribution in [2.24, 2.45) is 0 Å². The Morgan fingerprint density at radius 2 is 1.29 bits per heavy atom. The fourth-order valence-corrected chi connectivity index (χ4v) is 3.51. The molecule has 120 valence electrons. The summed E-state index contributed by atoms with van der Waals surface area (Å²) in [6, 6.07) is 32.7. The summed E-state index contributed by atoms with van der Waals surface area (Å²) in [5, 5.41) is 0.